The number of hydrogen-bond donors (Lipinski definition) is 1. The average molecular weight is 283 g/mol. The number of nitriles is 1. The highest BCUT2D eigenvalue weighted by molar-refractivity contribution is 5.55. The Morgan fingerprint density at radius 2 is 2.05 bits per heavy atom. The molecule has 0 saturated carbocycles. The molecule has 1 N–H and O–H groups in total. The Morgan fingerprint density at radius 1 is 1.35 bits per heavy atom. The average Bonchev–Trinajstić information content (AvgIpc) is 2.40. The predicted molar refractivity (Wildman–Crippen MR) is 70.4 cm³/mol. The minimum atomic E-state index is -4.51. The van der Waals surface area contributed by atoms with Crippen molar-refractivity contribution in [3.63, 3.8) is 0 Å². The molecule has 1 aromatic carbocycles. The molecule has 6 heteroatoms. The third-order valence-electron chi connectivity index (χ3n) is 3.52. The molecule has 0 aliphatic carbocycles. The van der Waals surface area contributed by atoms with Crippen molar-refractivity contribution in [2.45, 2.75) is 32.1 Å². The zero-order valence-corrected chi connectivity index (χ0v) is 11.3. The number of benzene rings is 1. The van der Waals surface area contributed by atoms with Crippen LogP contribution in [0, 0.1) is 11.3 Å². The second-order valence-corrected chi connectivity index (χ2v) is 5.15. The second kappa shape index (κ2) is 5.33. The minimum absolute atomic E-state index is 0.111. The zero-order valence-electron chi connectivity index (χ0n) is 11.3. The zero-order chi connectivity index (χ0) is 14.9. The van der Waals surface area contributed by atoms with Crippen LogP contribution in [0.1, 0.15) is 25.0 Å². The molecule has 0 unspecified atom stereocenters. The lowest BCUT2D eigenvalue weighted by Crippen LogP contribution is -2.54. The van der Waals surface area contributed by atoms with Gasteiger partial charge in [0.15, 0.2) is 0 Å². The van der Waals surface area contributed by atoms with Crippen LogP contribution in [-0.2, 0) is 6.18 Å². The van der Waals surface area contributed by atoms with Gasteiger partial charge >= 0.3 is 6.18 Å². The van der Waals surface area contributed by atoms with E-state index in [-0.39, 0.29) is 17.6 Å². The quantitative estimate of drug-likeness (QED) is 0.861. The number of rotatable bonds is 1. The number of halogens is 3. The van der Waals surface area contributed by atoms with Gasteiger partial charge in [-0.15, -0.1) is 0 Å². The van der Waals surface area contributed by atoms with Gasteiger partial charge in [-0.2, -0.15) is 18.4 Å². The minimum Gasteiger partial charge on any atom is -0.366 e. The van der Waals surface area contributed by atoms with Crippen molar-refractivity contribution in [2.24, 2.45) is 0 Å². The van der Waals surface area contributed by atoms with Crippen LogP contribution in [0.2, 0.25) is 0 Å². The van der Waals surface area contributed by atoms with E-state index in [1.54, 1.807) is 12.1 Å². The molecule has 2 atom stereocenters. The topological polar surface area (TPSA) is 39.1 Å². The summed E-state index contributed by atoms with van der Waals surface area (Å²) in [5.74, 6) is 0. The van der Waals surface area contributed by atoms with Crippen molar-refractivity contribution < 1.29 is 13.2 Å². The summed E-state index contributed by atoms with van der Waals surface area (Å²) in [5.41, 5.74) is -0.690. The first-order chi connectivity index (χ1) is 9.32. The summed E-state index contributed by atoms with van der Waals surface area (Å²) in [5, 5.41) is 12.1. The van der Waals surface area contributed by atoms with Gasteiger partial charge in [0, 0.05) is 30.9 Å². The maximum absolute atomic E-state index is 13.0. The number of piperazine rings is 1. The van der Waals surface area contributed by atoms with E-state index in [9.17, 15) is 13.2 Å². The molecule has 1 heterocycles. The molecule has 1 saturated heterocycles. The first-order valence-electron chi connectivity index (χ1n) is 6.44. The Hall–Kier alpha value is -1.74. The SMILES string of the molecule is C[C@@H]1CN[C@@H](C)CN1c1ccc(C#N)c(C(F)(F)F)c1. The molecule has 0 radical (unpaired) electrons. The van der Waals surface area contributed by atoms with E-state index in [2.05, 4.69) is 5.32 Å². The summed E-state index contributed by atoms with van der Waals surface area (Å²) in [4.78, 5) is 1.94. The molecule has 1 aliphatic heterocycles. The van der Waals surface area contributed by atoms with Gasteiger partial charge < -0.3 is 10.2 Å². The molecule has 20 heavy (non-hydrogen) atoms. The molecule has 1 fully saturated rings. The Morgan fingerprint density at radius 3 is 2.65 bits per heavy atom. The van der Waals surface area contributed by atoms with Gasteiger partial charge in [-0.3, -0.25) is 0 Å². The van der Waals surface area contributed by atoms with Crippen LogP contribution in [0.25, 0.3) is 0 Å². The van der Waals surface area contributed by atoms with Crippen LogP contribution in [-0.4, -0.2) is 25.2 Å². The van der Waals surface area contributed by atoms with Gasteiger partial charge in [0.25, 0.3) is 0 Å². The molecule has 108 valence electrons. The fraction of sp³-hybridized carbons (Fsp3) is 0.500. The van der Waals surface area contributed by atoms with Gasteiger partial charge in [-0.25, -0.2) is 0 Å². The Bertz CT molecular complexity index is 533. The fourth-order valence-electron chi connectivity index (χ4n) is 2.42. The monoisotopic (exact) mass is 283 g/mol. The highest BCUT2D eigenvalue weighted by Crippen LogP contribution is 2.35. The number of nitrogens with one attached hydrogen (secondary N) is 1. The summed E-state index contributed by atoms with van der Waals surface area (Å²) < 4.78 is 38.9. The fourth-order valence-corrected chi connectivity index (χ4v) is 2.42. The normalized spacial score (nSPS) is 23.5. The van der Waals surface area contributed by atoms with Crippen molar-refractivity contribution in [3.05, 3.63) is 29.3 Å². The van der Waals surface area contributed by atoms with E-state index in [0.717, 1.165) is 12.6 Å². The smallest absolute Gasteiger partial charge is 0.366 e. The molecule has 0 aromatic heterocycles. The maximum Gasteiger partial charge on any atom is 0.417 e. The van der Waals surface area contributed by atoms with E-state index in [1.165, 1.54) is 6.07 Å². The van der Waals surface area contributed by atoms with Gasteiger partial charge in [0.05, 0.1) is 17.2 Å². The number of anilines is 1. The van der Waals surface area contributed by atoms with Crippen molar-refractivity contribution in [1.82, 2.24) is 5.32 Å². The van der Waals surface area contributed by atoms with Crippen LogP contribution in [0.5, 0.6) is 0 Å². The number of nitrogens with zero attached hydrogens (tertiary/aromatic N) is 2. The van der Waals surface area contributed by atoms with Crippen molar-refractivity contribution >= 4 is 5.69 Å². The summed E-state index contributed by atoms with van der Waals surface area (Å²) in [6.45, 7) is 5.32. The van der Waals surface area contributed by atoms with Gasteiger partial charge in [0.1, 0.15) is 0 Å². The van der Waals surface area contributed by atoms with E-state index < -0.39 is 11.7 Å². The van der Waals surface area contributed by atoms with Crippen molar-refractivity contribution in [1.29, 1.82) is 5.26 Å². The van der Waals surface area contributed by atoms with Crippen molar-refractivity contribution in [2.75, 3.05) is 18.0 Å². The molecular formula is C14H16F3N3. The lowest BCUT2D eigenvalue weighted by molar-refractivity contribution is -0.137. The van der Waals surface area contributed by atoms with Crippen LogP contribution in [0.15, 0.2) is 18.2 Å². The lowest BCUT2D eigenvalue weighted by Gasteiger charge is -2.39. The molecule has 2 rings (SSSR count). The van der Waals surface area contributed by atoms with Gasteiger partial charge in [-0.05, 0) is 32.0 Å². The lowest BCUT2D eigenvalue weighted by atomic mass is 10.0. The number of alkyl halides is 3. The van der Waals surface area contributed by atoms with Crippen LogP contribution in [0.4, 0.5) is 18.9 Å². The van der Waals surface area contributed by atoms with Gasteiger partial charge in [0.2, 0.25) is 0 Å². The van der Waals surface area contributed by atoms with E-state index in [0.29, 0.717) is 12.2 Å². The first-order valence-corrected chi connectivity index (χ1v) is 6.44. The Labute approximate surface area is 116 Å². The highest BCUT2D eigenvalue weighted by atomic mass is 19.4. The van der Waals surface area contributed by atoms with Crippen LogP contribution >= 0.6 is 0 Å². The van der Waals surface area contributed by atoms with E-state index in [4.69, 9.17) is 5.26 Å². The number of hydrogen-bond acceptors (Lipinski definition) is 3. The molecule has 1 aromatic rings. The standard InChI is InChI=1S/C14H16F3N3/c1-9-8-20(10(2)7-19-9)12-4-3-11(6-18)13(5-12)14(15,16)17/h3-5,9-10,19H,7-8H2,1-2H3/t9-,10+/m0/s1. The molecule has 3 nitrogen and oxygen atoms in total. The van der Waals surface area contributed by atoms with Gasteiger partial charge in [-0.1, -0.05) is 0 Å². The maximum atomic E-state index is 13.0. The third-order valence-corrected chi connectivity index (χ3v) is 3.52. The third kappa shape index (κ3) is 2.88. The summed E-state index contributed by atoms with van der Waals surface area (Å²) >= 11 is 0. The Kier molecular flexibility index (Phi) is 3.91. The summed E-state index contributed by atoms with van der Waals surface area (Å²) in [7, 11) is 0. The van der Waals surface area contributed by atoms with Crippen LogP contribution < -0.4 is 10.2 Å². The van der Waals surface area contributed by atoms with Crippen molar-refractivity contribution in [3.8, 4) is 6.07 Å². The summed E-state index contributed by atoms with van der Waals surface area (Å²) in [6, 6.07) is 5.84. The second-order valence-electron chi connectivity index (χ2n) is 5.15. The predicted octanol–water partition coefficient (Wildman–Crippen LogP) is 2.76. The first kappa shape index (κ1) is 14.7. The highest BCUT2D eigenvalue weighted by Gasteiger charge is 2.35. The molecule has 1 aliphatic rings. The van der Waals surface area contributed by atoms with E-state index in [1.807, 2.05) is 18.7 Å². The van der Waals surface area contributed by atoms with E-state index >= 15 is 0 Å². The largest absolute Gasteiger partial charge is 0.417 e. The Balaban J connectivity index is 2.41. The summed E-state index contributed by atoms with van der Waals surface area (Å²) in [6.07, 6.45) is -4.51. The molecule has 0 spiro atoms. The molecule has 0 amide bonds. The molecular weight excluding hydrogens is 267 g/mol. The molecule has 0 bridgehead atoms. The van der Waals surface area contributed by atoms with Crippen LogP contribution in [0.3, 0.4) is 0 Å².